The summed E-state index contributed by atoms with van der Waals surface area (Å²) >= 11 is 0. The molecule has 336 valence electrons. The Morgan fingerprint density at radius 1 is 0.534 bits per heavy atom. The zero-order valence-corrected chi connectivity index (χ0v) is 38.6. The van der Waals surface area contributed by atoms with Crippen molar-refractivity contribution < 1.29 is 42.1 Å². The zero-order valence-electron chi connectivity index (χ0n) is 37.7. The van der Waals surface area contributed by atoms with Gasteiger partial charge in [0, 0.05) is 12.8 Å². The number of esters is 2. The van der Waals surface area contributed by atoms with Gasteiger partial charge in [0.05, 0.1) is 27.7 Å². The largest absolute Gasteiger partial charge is 0.756 e. The van der Waals surface area contributed by atoms with Crippen LogP contribution in [0.25, 0.3) is 0 Å². The van der Waals surface area contributed by atoms with Crippen molar-refractivity contribution in [3.63, 3.8) is 0 Å². The number of quaternary nitrogens is 1. The summed E-state index contributed by atoms with van der Waals surface area (Å²) in [5.41, 5.74) is 0. The van der Waals surface area contributed by atoms with Gasteiger partial charge in [-0.25, -0.2) is 0 Å². The molecule has 0 aliphatic carbocycles. The molecule has 0 heterocycles. The van der Waals surface area contributed by atoms with Crippen molar-refractivity contribution in [2.24, 2.45) is 0 Å². The molecule has 2 atom stereocenters. The molecule has 9 nitrogen and oxygen atoms in total. The summed E-state index contributed by atoms with van der Waals surface area (Å²) in [6.07, 6.45) is 48.2. The number of rotatable bonds is 41. The smallest absolute Gasteiger partial charge is 0.306 e. The lowest BCUT2D eigenvalue weighted by atomic mass is 10.1. The van der Waals surface area contributed by atoms with Gasteiger partial charge in [-0.15, -0.1) is 0 Å². The van der Waals surface area contributed by atoms with Crippen LogP contribution in [0.5, 0.6) is 0 Å². The minimum absolute atomic E-state index is 0.0411. The molecule has 0 aliphatic rings. The van der Waals surface area contributed by atoms with E-state index in [9.17, 15) is 19.0 Å². The van der Waals surface area contributed by atoms with Crippen molar-refractivity contribution >= 4 is 19.8 Å². The predicted octanol–water partition coefficient (Wildman–Crippen LogP) is 12.6. The third kappa shape index (κ3) is 43.3. The first-order chi connectivity index (χ1) is 28.0. The third-order valence-electron chi connectivity index (χ3n) is 9.51. The van der Waals surface area contributed by atoms with Gasteiger partial charge in [-0.3, -0.25) is 14.2 Å². The molecule has 0 N–H and O–H groups in total. The molecule has 0 spiro atoms. The van der Waals surface area contributed by atoms with Crippen LogP contribution < -0.4 is 4.89 Å². The highest BCUT2D eigenvalue weighted by Crippen LogP contribution is 2.38. The fourth-order valence-corrected chi connectivity index (χ4v) is 6.60. The Hall–Kier alpha value is -2.29. The van der Waals surface area contributed by atoms with Crippen LogP contribution in [0.1, 0.15) is 181 Å². The van der Waals surface area contributed by atoms with Gasteiger partial charge in [0.1, 0.15) is 19.8 Å². The highest BCUT2D eigenvalue weighted by Gasteiger charge is 2.21. The monoisotopic (exact) mass is 836 g/mol. The molecule has 0 fully saturated rings. The van der Waals surface area contributed by atoms with Gasteiger partial charge >= 0.3 is 11.9 Å². The molecule has 0 amide bonds. The van der Waals surface area contributed by atoms with E-state index in [1.54, 1.807) is 0 Å². The minimum Gasteiger partial charge on any atom is -0.756 e. The molecular formula is C48H86NO8P. The van der Waals surface area contributed by atoms with Crippen LogP contribution >= 0.6 is 7.82 Å². The first kappa shape index (κ1) is 55.7. The van der Waals surface area contributed by atoms with Crippen LogP contribution in [-0.4, -0.2) is 70.0 Å². The Morgan fingerprint density at radius 3 is 1.41 bits per heavy atom. The number of hydrogen-bond donors (Lipinski definition) is 0. The van der Waals surface area contributed by atoms with Crippen LogP contribution in [-0.2, 0) is 32.7 Å². The molecule has 1 unspecified atom stereocenters. The molecule has 0 aromatic carbocycles. The van der Waals surface area contributed by atoms with Crippen LogP contribution in [0.4, 0.5) is 0 Å². The van der Waals surface area contributed by atoms with Crippen LogP contribution in [0, 0.1) is 0 Å². The van der Waals surface area contributed by atoms with Crippen LogP contribution in [0.15, 0.2) is 60.8 Å². The van der Waals surface area contributed by atoms with Gasteiger partial charge in [0.25, 0.3) is 7.82 Å². The number of phosphoric ester groups is 1. The molecule has 0 saturated heterocycles. The topological polar surface area (TPSA) is 111 Å². The average molecular weight is 836 g/mol. The first-order valence-corrected chi connectivity index (χ1v) is 24.5. The van der Waals surface area contributed by atoms with Crippen molar-refractivity contribution in [2.45, 2.75) is 187 Å². The van der Waals surface area contributed by atoms with Gasteiger partial charge in [-0.1, -0.05) is 145 Å². The maximum Gasteiger partial charge on any atom is 0.306 e. The Balaban J connectivity index is 4.38. The number of likely N-dealkylation sites (N-methyl/N-ethyl adjacent to an activating group) is 1. The average Bonchev–Trinajstić information content (AvgIpc) is 3.17. The number of phosphoric acid groups is 1. The van der Waals surface area contributed by atoms with E-state index >= 15 is 0 Å². The predicted molar refractivity (Wildman–Crippen MR) is 240 cm³/mol. The van der Waals surface area contributed by atoms with Gasteiger partial charge in [-0.05, 0) is 83.5 Å². The quantitative estimate of drug-likeness (QED) is 0.0197. The number of ether oxygens (including phenoxy) is 2. The van der Waals surface area contributed by atoms with Crippen molar-refractivity contribution in [3.8, 4) is 0 Å². The van der Waals surface area contributed by atoms with Gasteiger partial charge < -0.3 is 27.9 Å². The van der Waals surface area contributed by atoms with Gasteiger partial charge in [0.2, 0.25) is 0 Å². The van der Waals surface area contributed by atoms with E-state index in [2.05, 4.69) is 74.6 Å². The maximum absolute atomic E-state index is 12.7. The zero-order chi connectivity index (χ0) is 42.8. The summed E-state index contributed by atoms with van der Waals surface area (Å²) in [6, 6.07) is 0. The second kappa shape index (κ2) is 40.1. The molecular weight excluding hydrogens is 750 g/mol. The highest BCUT2D eigenvalue weighted by molar-refractivity contribution is 7.45. The second-order valence-corrected chi connectivity index (χ2v) is 17.8. The maximum atomic E-state index is 12.7. The SMILES string of the molecule is CCCCC/C=C/C/C=C/C/C=C/CCCCC(=O)O[C@H](COC(=O)CCCCCCCCCCC/C=C/C/C=C/CCCCC)COP(=O)([O-])OCC[N+](C)(C)C. The molecule has 10 heteroatoms. The van der Waals surface area contributed by atoms with Gasteiger partial charge in [-0.2, -0.15) is 0 Å². The summed E-state index contributed by atoms with van der Waals surface area (Å²) in [4.78, 5) is 37.6. The number of unbranched alkanes of at least 4 members (excludes halogenated alkanes) is 17. The Labute approximate surface area is 356 Å². The van der Waals surface area contributed by atoms with E-state index in [4.69, 9.17) is 18.5 Å². The number of nitrogens with zero attached hydrogens (tertiary/aromatic N) is 1. The third-order valence-corrected chi connectivity index (χ3v) is 10.5. The summed E-state index contributed by atoms with van der Waals surface area (Å²) in [7, 11) is 1.13. The molecule has 0 bridgehead atoms. The molecule has 0 aliphatic heterocycles. The van der Waals surface area contributed by atoms with Gasteiger partial charge in [0.15, 0.2) is 6.10 Å². The summed E-state index contributed by atoms with van der Waals surface area (Å²) in [5, 5.41) is 0. The standard InChI is InChI=1S/C48H86NO8P/c1-6-8-10-12-14-16-18-20-22-23-24-25-27-28-30-32-34-36-38-40-47(50)54-44-46(45-56-58(52,53)55-43-42-49(3,4)5)57-48(51)41-39-37-35-33-31-29-26-21-19-17-15-13-11-9-7-2/h14-17,20-22,26,31,33,46H,6-13,18-19,23-25,27-30,32,34-45H2,1-5H3/b16-14+,17-15+,22-20+,26-21+,33-31+/t46-/m1/s1. The Bertz CT molecular complexity index is 1170. The molecule has 0 aromatic rings. The van der Waals surface area contributed by atoms with Crippen molar-refractivity contribution in [1.82, 2.24) is 0 Å². The number of hydrogen-bond acceptors (Lipinski definition) is 8. The lowest BCUT2D eigenvalue weighted by Crippen LogP contribution is -2.37. The molecule has 0 radical (unpaired) electrons. The number of carbonyl (C=O) groups excluding carboxylic acids is 2. The molecule has 58 heavy (non-hydrogen) atoms. The van der Waals surface area contributed by atoms with E-state index < -0.39 is 32.5 Å². The summed E-state index contributed by atoms with van der Waals surface area (Å²) in [6.45, 7) is 4.12. The normalized spacial score (nSPS) is 14.1. The Morgan fingerprint density at radius 2 is 0.931 bits per heavy atom. The first-order valence-electron chi connectivity index (χ1n) is 23.0. The summed E-state index contributed by atoms with van der Waals surface area (Å²) in [5.74, 6) is -0.887. The minimum atomic E-state index is -4.64. The molecule has 0 aromatic heterocycles. The van der Waals surface area contributed by atoms with E-state index in [0.29, 0.717) is 17.4 Å². The van der Waals surface area contributed by atoms with Crippen LogP contribution in [0.2, 0.25) is 0 Å². The van der Waals surface area contributed by atoms with E-state index in [-0.39, 0.29) is 26.1 Å². The fraction of sp³-hybridized carbons (Fsp3) is 0.750. The van der Waals surface area contributed by atoms with E-state index in [1.807, 2.05) is 21.1 Å². The lowest BCUT2D eigenvalue weighted by molar-refractivity contribution is -0.870. The molecule has 0 saturated carbocycles. The van der Waals surface area contributed by atoms with Crippen molar-refractivity contribution in [2.75, 3.05) is 47.5 Å². The van der Waals surface area contributed by atoms with Crippen LogP contribution in [0.3, 0.4) is 0 Å². The molecule has 0 rings (SSSR count). The fourth-order valence-electron chi connectivity index (χ4n) is 5.87. The van der Waals surface area contributed by atoms with E-state index in [1.165, 1.54) is 77.0 Å². The second-order valence-electron chi connectivity index (χ2n) is 16.4. The highest BCUT2D eigenvalue weighted by atomic mass is 31.2. The van der Waals surface area contributed by atoms with E-state index in [0.717, 1.165) is 70.6 Å². The lowest BCUT2D eigenvalue weighted by Gasteiger charge is -2.28. The van der Waals surface area contributed by atoms with Crippen molar-refractivity contribution in [3.05, 3.63) is 60.8 Å². The van der Waals surface area contributed by atoms with Crippen molar-refractivity contribution in [1.29, 1.82) is 0 Å². The number of allylic oxidation sites excluding steroid dienone is 10. The number of carbonyl (C=O) groups is 2. The summed E-state index contributed by atoms with van der Waals surface area (Å²) < 4.78 is 33.9. The Kier molecular flexibility index (Phi) is 38.5.